The van der Waals surface area contributed by atoms with Crippen molar-refractivity contribution >= 4 is 27.9 Å². The van der Waals surface area contributed by atoms with Gasteiger partial charge in [0.25, 0.3) is 5.91 Å². The van der Waals surface area contributed by atoms with E-state index in [0.29, 0.717) is 6.42 Å². The zero-order valence-electron chi connectivity index (χ0n) is 17.3. The zero-order valence-corrected chi connectivity index (χ0v) is 18.1. The van der Waals surface area contributed by atoms with Crippen LogP contribution >= 0.6 is 0 Å². The van der Waals surface area contributed by atoms with E-state index in [1.165, 1.54) is 4.31 Å². The van der Waals surface area contributed by atoms with Gasteiger partial charge in [0, 0.05) is 26.1 Å². The van der Waals surface area contributed by atoms with Gasteiger partial charge in [-0.1, -0.05) is 13.8 Å². The van der Waals surface area contributed by atoms with Crippen molar-refractivity contribution in [2.24, 2.45) is 0 Å². The standard InChI is InChI=1S/C19H27FN2O7S/c1-4-22(5-2)30(26,27)14-9-10-16(20)15(12-14)19(25)29-13-17(23)21-11-7-8-18(24)28-6-3/h9-10,12H,4-8,11,13H2,1-3H3,(H,21,23). The summed E-state index contributed by atoms with van der Waals surface area (Å²) < 4.78 is 49.8. The van der Waals surface area contributed by atoms with Gasteiger partial charge in [-0.15, -0.1) is 0 Å². The molecule has 0 fully saturated rings. The molecule has 0 radical (unpaired) electrons. The summed E-state index contributed by atoms with van der Waals surface area (Å²) in [5.41, 5.74) is -0.585. The SMILES string of the molecule is CCOC(=O)CCCNC(=O)COC(=O)c1cc(S(=O)(=O)N(CC)CC)ccc1F. The van der Waals surface area contributed by atoms with Gasteiger partial charge >= 0.3 is 11.9 Å². The van der Waals surface area contributed by atoms with E-state index in [0.717, 1.165) is 18.2 Å². The molecule has 0 saturated heterocycles. The van der Waals surface area contributed by atoms with Gasteiger partial charge in [-0.2, -0.15) is 4.31 Å². The van der Waals surface area contributed by atoms with E-state index >= 15 is 0 Å². The number of sulfonamides is 1. The van der Waals surface area contributed by atoms with Crippen LogP contribution in [-0.2, 0) is 29.1 Å². The van der Waals surface area contributed by atoms with Crippen molar-refractivity contribution in [1.82, 2.24) is 9.62 Å². The van der Waals surface area contributed by atoms with Gasteiger partial charge in [-0.25, -0.2) is 17.6 Å². The maximum Gasteiger partial charge on any atom is 0.341 e. The number of nitrogens with one attached hydrogen (secondary N) is 1. The second kappa shape index (κ2) is 12.2. The number of benzene rings is 1. The minimum absolute atomic E-state index is 0.132. The van der Waals surface area contributed by atoms with E-state index in [4.69, 9.17) is 9.47 Å². The Morgan fingerprint density at radius 2 is 1.77 bits per heavy atom. The third-order valence-corrected chi connectivity index (χ3v) is 6.07. The topological polar surface area (TPSA) is 119 Å². The molecular weight excluding hydrogens is 419 g/mol. The fourth-order valence-electron chi connectivity index (χ4n) is 2.49. The zero-order chi connectivity index (χ0) is 22.7. The van der Waals surface area contributed by atoms with Gasteiger partial charge in [0.05, 0.1) is 17.1 Å². The van der Waals surface area contributed by atoms with Crippen LogP contribution in [0.4, 0.5) is 4.39 Å². The Bertz CT molecular complexity index is 854. The Labute approximate surface area is 175 Å². The first kappa shape index (κ1) is 25.5. The highest BCUT2D eigenvalue weighted by atomic mass is 32.2. The average molecular weight is 446 g/mol. The van der Waals surface area contributed by atoms with E-state index < -0.39 is 39.9 Å². The summed E-state index contributed by atoms with van der Waals surface area (Å²) in [6, 6.07) is 2.82. The average Bonchev–Trinajstić information content (AvgIpc) is 2.70. The third kappa shape index (κ3) is 7.38. The van der Waals surface area contributed by atoms with Crippen LogP contribution in [0.3, 0.4) is 0 Å². The maximum atomic E-state index is 14.0. The molecular formula is C19H27FN2O7S. The molecule has 1 aromatic carbocycles. The van der Waals surface area contributed by atoms with Gasteiger partial charge in [0.2, 0.25) is 10.0 Å². The predicted molar refractivity (Wildman–Crippen MR) is 106 cm³/mol. The minimum Gasteiger partial charge on any atom is -0.466 e. The summed E-state index contributed by atoms with van der Waals surface area (Å²) in [7, 11) is -3.89. The van der Waals surface area contributed by atoms with Crippen LogP contribution < -0.4 is 5.32 Å². The van der Waals surface area contributed by atoms with Gasteiger partial charge < -0.3 is 14.8 Å². The van der Waals surface area contributed by atoms with Gasteiger partial charge in [0.15, 0.2) is 6.61 Å². The van der Waals surface area contributed by atoms with Crippen LogP contribution in [0.1, 0.15) is 44.0 Å². The van der Waals surface area contributed by atoms with E-state index in [9.17, 15) is 27.2 Å². The van der Waals surface area contributed by atoms with Crippen LogP contribution in [0.2, 0.25) is 0 Å². The lowest BCUT2D eigenvalue weighted by atomic mass is 10.2. The molecule has 1 amide bonds. The molecule has 9 nitrogen and oxygen atoms in total. The number of hydrogen-bond acceptors (Lipinski definition) is 7. The van der Waals surface area contributed by atoms with Crippen molar-refractivity contribution in [2.45, 2.75) is 38.5 Å². The molecule has 0 heterocycles. The van der Waals surface area contributed by atoms with Gasteiger partial charge in [-0.3, -0.25) is 9.59 Å². The summed E-state index contributed by atoms with van der Waals surface area (Å²) in [5, 5.41) is 2.45. The Balaban J connectivity index is 2.67. The lowest BCUT2D eigenvalue weighted by molar-refractivity contribution is -0.143. The molecule has 11 heteroatoms. The summed E-state index contributed by atoms with van der Waals surface area (Å²) in [5.74, 6) is -3.15. The number of rotatable bonds is 12. The summed E-state index contributed by atoms with van der Waals surface area (Å²) in [6.45, 7) is 5.20. The Kier molecular flexibility index (Phi) is 10.4. The molecule has 0 aliphatic heterocycles. The smallest absolute Gasteiger partial charge is 0.341 e. The fourth-order valence-corrected chi connectivity index (χ4v) is 3.97. The normalized spacial score (nSPS) is 11.2. The minimum atomic E-state index is -3.89. The third-order valence-electron chi connectivity index (χ3n) is 4.02. The van der Waals surface area contributed by atoms with Crippen molar-refractivity contribution in [3.63, 3.8) is 0 Å². The first-order valence-corrected chi connectivity index (χ1v) is 11.0. The van der Waals surface area contributed by atoms with Crippen molar-refractivity contribution in [3.8, 4) is 0 Å². The second-order valence-corrected chi connectivity index (χ2v) is 8.00. The second-order valence-electron chi connectivity index (χ2n) is 6.07. The molecule has 0 saturated carbocycles. The van der Waals surface area contributed by atoms with Crippen LogP contribution in [0.25, 0.3) is 0 Å². The van der Waals surface area contributed by atoms with Crippen molar-refractivity contribution < 1.29 is 36.7 Å². The highest BCUT2D eigenvalue weighted by Crippen LogP contribution is 2.20. The number of carbonyl (C=O) groups excluding carboxylic acids is 3. The maximum absolute atomic E-state index is 14.0. The molecule has 0 unspecified atom stereocenters. The predicted octanol–water partition coefficient (Wildman–Crippen LogP) is 1.47. The molecule has 0 spiro atoms. The van der Waals surface area contributed by atoms with E-state index in [1.54, 1.807) is 20.8 Å². The van der Waals surface area contributed by atoms with E-state index in [1.807, 2.05) is 0 Å². The summed E-state index contributed by atoms with van der Waals surface area (Å²) in [6.07, 6.45) is 0.478. The van der Waals surface area contributed by atoms with Crippen molar-refractivity contribution in [1.29, 1.82) is 0 Å². The Morgan fingerprint density at radius 3 is 2.37 bits per heavy atom. The molecule has 0 aliphatic carbocycles. The van der Waals surface area contributed by atoms with Crippen molar-refractivity contribution in [2.75, 3.05) is 32.8 Å². The van der Waals surface area contributed by atoms with Crippen LogP contribution in [0, 0.1) is 5.82 Å². The Hall–Kier alpha value is -2.53. The van der Waals surface area contributed by atoms with Crippen LogP contribution in [0.15, 0.2) is 23.1 Å². The van der Waals surface area contributed by atoms with Crippen LogP contribution in [0.5, 0.6) is 0 Å². The van der Waals surface area contributed by atoms with Crippen LogP contribution in [-0.4, -0.2) is 63.4 Å². The number of nitrogens with zero attached hydrogens (tertiary/aromatic N) is 1. The lowest BCUT2D eigenvalue weighted by Crippen LogP contribution is -2.31. The summed E-state index contributed by atoms with van der Waals surface area (Å²) in [4.78, 5) is 34.8. The first-order chi connectivity index (χ1) is 14.2. The quantitative estimate of drug-likeness (QED) is 0.381. The largest absolute Gasteiger partial charge is 0.466 e. The fraction of sp³-hybridized carbons (Fsp3) is 0.526. The first-order valence-electron chi connectivity index (χ1n) is 9.56. The van der Waals surface area contributed by atoms with Gasteiger partial charge in [-0.05, 0) is 31.5 Å². The number of amides is 1. The van der Waals surface area contributed by atoms with E-state index in [2.05, 4.69) is 5.32 Å². The van der Waals surface area contributed by atoms with E-state index in [-0.39, 0.29) is 43.5 Å². The van der Waals surface area contributed by atoms with Crippen molar-refractivity contribution in [3.05, 3.63) is 29.6 Å². The molecule has 0 bridgehead atoms. The molecule has 1 aromatic rings. The molecule has 0 aromatic heterocycles. The van der Waals surface area contributed by atoms with Gasteiger partial charge in [0.1, 0.15) is 5.82 Å². The number of hydrogen-bond donors (Lipinski definition) is 1. The molecule has 1 N–H and O–H groups in total. The molecule has 30 heavy (non-hydrogen) atoms. The highest BCUT2D eigenvalue weighted by molar-refractivity contribution is 7.89. The lowest BCUT2D eigenvalue weighted by Gasteiger charge is -2.18. The molecule has 0 atom stereocenters. The number of carbonyl (C=O) groups is 3. The summed E-state index contributed by atoms with van der Waals surface area (Å²) >= 11 is 0. The molecule has 1 rings (SSSR count). The molecule has 0 aliphatic rings. The number of halogens is 1. The Morgan fingerprint density at radius 1 is 1.10 bits per heavy atom. The highest BCUT2D eigenvalue weighted by Gasteiger charge is 2.25. The number of ether oxygens (including phenoxy) is 2. The monoisotopic (exact) mass is 446 g/mol. The number of esters is 2. The molecule has 168 valence electrons.